The van der Waals surface area contributed by atoms with Crippen molar-refractivity contribution in [3.05, 3.63) is 35.9 Å². The number of nitrogens with one attached hydrogen (secondary N) is 1. The van der Waals surface area contributed by atoms with Gasteiger partial charge in [0.1, 0.15) is 5.60 Å². The highest BCUT2D eigenvalue weighted by atomic mass is 16.6. The number of rotatable bonds is 5. The fourth-order valence-electron chi connectivity index (χ4n) is 2.99. The van der Waals surface area contributed by atoms with Crippen LogP contribution in [0.1, 0.15) is 26.3 Å². The fraction of sp³-hybridized carbons (Fsp3) is 0.556. The third-order valence-electron chi connectivity index (χ3n) is 4.04. The van der Waals surface area contributed by atoms with Gasteiger partial charge in [0.15, 0.2) is 0 Å². The monoisotopic (exact) mass is 333 g/mol. The van der Waals surface area contributed by atoms with Gasteiger partial charge in [-0.25, -0.2) is 4.79 Å². The number of hydrogen-bond donors (Lipinski definition) is 2. The number of benzene rings is 1. The van der Waals surface area contributed by atoms with E-state index in [1.54, 1.807) is 0 Å². The van der Waals surface area contributed by atoms with E-state index in [0.717, 1.165) is 13.1 Å². The summed E-state index contributed by atoms with van der Waals surface area (Å²) in [5, 5.41) is 2.75. The lowest BCUT2D eigenvalue weighted by molar-refractivity contribution is -0.122. The van der Waals surface area contributed by atoms with Gasteiger partial charge in [-0.1, -0.05) is 30.3 Å². The summed E-state index contributed by atoms with van der Waals surface area (Å²) in [6, 6.07) is 10.1. The predicted molar refractivity (Wildman–Crippen MR) is 92.1 cm³/mol. The second-order valence-electron chi connectivity index (χ2n) is 7.33. The van der Waals surface area contributed by atoms with E-state index in [4.69, 9.17) is 10.5 Å². The second kappa shape index (κ2) is 7.66. The zero-order valence-corrected chi connectivity index (χ0v) is 14.6. The van der Waals surface area contributed by atoms with Crippen LogP contribution in [0.25, 0.3) is 0 Å². The van der Waals surface area contributed by atoms with Gasteiger partial charge >= 0.3 is 6.09 Å². The summed E-state index contributed by atoms with van der Waals surface area (Å²) in [4.78, 5) is 25.7. The Balaban J connectivity index is 1.90. The predicted octanol–water partition coefficient (Wildman–Crippen LogP) is 1.74. The first-order valence-electron chi connectivity index (χ1n) is 8.27. The number of carbonyl (C=O) groups is 2. The van der Waals surface area contributed by atoms with E-state index in [0.29, 0.717) is 13.1 Å². The lowest BCUT2D eigenvalue weighted by atomic mass is 9.95. The minimum Gasteiger partial charge on any atom is -0.444 e. The molecule has 1 aliphatic heterocycles. The molecule has 0 radical (unpaired) electrons. The molecule has 0 aliphatic carbocycles. The summed E-state index contributed by atoms with van der Waals surface area (Å²) >= 11 is 0. The fourth-order valence-corrected chi connectivity index (χ4v) is 2.99. The Bertz CT molecular complexity index is 569. The lowest BCUT2D eigenvalue weighted by Crippen LogP contribution is -2.39. The average Bonchev–Trinajstić information content (AvgIpc) is 2.87. The van der Waals surface area contributed by atoms with Crippen molar-refractivity contribution < 1.29 is 14.3 Å². The first-order chi connectivity index (χ1) is 11.2. The Morgan fingerprint density at radius 2 is 1.92 bits per heavy atom. The van der Waals surface area contributed by atoms with Crippen molar-refractivity contribution in [2.75, 3.05) is 19.6 Å². The average molecular weight is 333 g/mol. The maximum absolute atomic E-state index is 11.8. The highest BCUT2D eigenvalue weighted by Crippen LogP contribution is 2.24. The van der Waals surface area contributed by atoms with Crippen LogP contribution >= 0.6 is 0 Å². The summed E-state index contributed by atoms with van der Waals surface area (Å²) in [6.45, 7) is 7.94. The van der Waals surface area contributed by atoms with E-state index in [1.165, 1.54) is 5.56 Å². The van der Waals surface area contributed by atoms with Crippen LogP contribution in [0.15, 0.2) is 30.3 Å². The number of carbonyl (C=O) groups excluding carboxylic acids is 2. The molecule has 1 saturated heterocycles. The lowest BCUT2D eigenvalue weighted by Gasteiger charge is -2.21. The van der Waals surface area contributed by atoms with Crippen LogP contribution in [0, 0.1) is 11.8 Å². The van der Waals surface area contributed by atoms with Gasteiger partial charge < -0.3 is 15.8 Å². The Kier molecular flexibility index (Phi) is 5.83. The highest BCUT2D eigenvalue weighted by Gasteiger charge is 2.36. The minimum absolute atomic E-state index is 0.00118. The number of nitrogens with zero attached hydrogens (tertiary/aromatic N) is 1. The molecule has 0 spiro atoms. The van der Waals surface area contributed by atoms with Gasteiger partial charge in [-0.15, -0.1) is 0 Å². The van der Waals surface area contributed by atoms with E-state index in [2.05, 4.69) is 22.3 Å². The third kappa shape index (κ3) is 5.53. The van der Waals surface area contributed by atoms with Crippen LogP contribution in [0.4, 0.5) is 4.79 Å². The van der Waals surface area contributed by atoms with E-state index < -0.39 is 11.7 Å². The molecule has 24 heavy (non-hydrogen) atoms. The normalized spacial score (nSPS) is 21.5. The molecule has 0 aromatic heterocycles. The van der Waals surface area contributed by atoms with Gasteiger partial charge in [0.25, 0.3) is 0 Å². The molecule has 1 fully saturated rings. The molecule has 3 N–H and O–H groups in total. The van der Waals surface area contributed by atoms with Crippen LogP contribution in [0.5, 0.6) is 0 Å². The van der Waals surface area contributed by atoms with Gasteiger partial charge in [0, 0.05) is 32.1 Å². The van der Waals surface area contributed by atoms with Crippen molar-refractivity contribution >= 4 is 12.0 Å². The van der Waals surface area contributed by atoms with Crippen molar-refractivity contribution in [3.63, 3.8) is 0 Å². The maximum atomic E-state index is 11.8. The number of hydrogen-bond acceptors (Lipinski definition) is 4. The van der Waals surface area contributed by atoms with Gasteiger partial charge in [0.05, 0.1) is 5.92 Å². The molecule has 1 heterocycles. The summed E-state index contributed by atoms with van der Waals surface area (Å²) in [6.07, 6.45) is -0.466. The van der Waals surface area contributed by atoms with E-state index in [1.807, 2.05) is 39.0 Å². The number of ether oxygens (including phenoxy) is 1. The molecule has 2 amide bonds. The van der Waals surface area contributed by atoms with Gasteiger partial charge in [0.2, 0.25) is 5.91 Å². The Hall–Kier alpha value is -2.08. The Labute approximate surface area is 143 Å². The van der Waals surface area contributed by atoms with Crippen LogP contribution in [-0.2, 0) is 16.1 Å². The second-order valence-corrected chi connectivity index (χ2v) is 7.33. The first-order valence-corrected chi connectivity index (χ1v) is 8.27. The van der Waals surface area contributed by atoms with E-state index >= 15 is 0 Å². The molecule has 2 atom stereocenters. The van der Waals surface area contributed by atoms with Crippen molar-refractivity contribution in [2.24, 2.45) is 17.6 Å². The van der Waals surface area contributed by atoms with Gasteiger partial charge in [-0.2, -0.15) is 0 Å². The maximum Gasteiger partial charge on any atom is 0.407 e. The van der Waals surface area contributed by atoms with Crippen molar-refractivity contribution in [2.45, 2.75) is 32.9 Å². The molecule has 1 aromatic rings. The van der Waals surface area contributed by atoms with Gasteiger partial charge in [-0.05, 0) is 26.3 Å². The molecule has 1 aliphatic rings. The smallest absolute Gasteiger partial charge is 0.407 e. The molecule has 2 rings (SSSR count). The zero-order valence-electron chi connectivity index (χ0n) is 14.6. The standard InChI is InChI=1S/C18H27N3O3/c1-18(2,3)24-17(23)20-9-14-11-21(12-15(14)16(19)22)10-13-7-5-4-6-8-13/h4-8,14-15H,9-12H2,1-3H3,(H2,19,22)(H,20,23)/t14-,15+/m1/s1. The van der Waals surface area contributed by atoms with Crippen LogP contribution in [0.3, 0.4) is 0 Å². The summed E-state index contributed by atoms with van der Waals surface area (Å²) < 4.78 is 5.24. The molecule has 6 heteroatoms. The van der Waals surface area contributed by atoms with E-state index in [9.17, 15) is 9.59 Å². The number of nitrogens with two attached hydrogens (primary N) is 1. The largest absolute Gasteiger partial charge is 0.444 e. The quantitative estimate of drug-likeness (QED) is 0.860. The SMILES string of the molecule is CC(C)(C)OC(=O)NC[C@@H]1CN(Cc2ccccc2)C[C@@H]1C(N)=O. The van der Waals surface area contributed by atoms with Crippen LogP contribution in [-0.4, -0.2) is 42.1 Å². The molecule has 0 bridgehead atoms. The Morgan fingerprint density at radius 3 is 2.50 bits per heavy atom. The molecule has 1 aromatic carbocycles. The summed E-state index contributed by atoms with van der Waals surface area (Å²) in [5.74, 6) is -0.580. The molecule has 6 nitrogen and oxygen atoms in total. The molecule has 0 saturated carbocycles. The summed E-state index contributed by atoms with van der Waals surface area (Å²) in [7, 11) is 0. The number of amides is 2. The zero-order chi connectivity index (χ0) is 17.7. The minimum atomic E-state index is -0.539. The topological polar surface area (TPSA) is 84.7 Å². The highest BCUT2D eigenvalue weighted by molar-refractivity contribution is 5.77. The molecule has 0 unspecified atom stereocenters. The van der Waals surface area contributed by atoms with Gasteiger partial charge in [-0.3, -0.25) is 9.69 Å². The number of likely N-dealkylation sites (tertiary alicyclic amines) is 1. The molecular formula is C18H27N3O3. The molecular weight excluding hydrogens is 306 g/mol. The van der Waals surface area contributed by atoms with E-state index in [-0.39, 0.29) is 17.7 Å². The van der Waals surface area contributed by atoms with Crippen molar-refractivity contribution in [3.8, 4) is 0 Å². The van der Waals surface area contributed by atoms with Crippen LogP contribution < -0.4 is 11.1 Å². The van der Waals surface area contributed by atoms with Crippen LogP contribution in [0.2, 0.25) is 0 Å². The van der Waals surface area contributed by atoms with Crippen molar-refractivity contribution in [1.82, 2.24) is 10.2 Å². The first kappa shape index (κ1) is 18.3. The molecule has 132 valence electrons. The Morgan fingerprint density at radius 1 is 1.25 bits per heavy atom. The number of primary amides is 1. The third-order valence-corrected chi connectivity index (χ3v) is 4.04. The number of alkyl carbamates (subject to hydrolysis) is 1. The summed E-state index contributed by atoms with van der Waals surface area (Å²) in [5.41, 5.74) is 6.20. The van der Waals surface area contributed by atoms with Crippen molar-refractivity contribution in [1.29, 1.82) is 0 Å².